The van der Waals surface area contributed by atoms with Crippen molar-refractivity contribution < 1.29 is 24.2 Å². The Labute approximate surface area is 128 Å². The van der Waals surface area contributed by atoms with Crippen LogP contribution in [-0.2, 0) is 6.54 Å². The summed E-state index contributed by atoms with van der Waals surface area (Å²) < 4.78 is 9.78. The first-order valence-corrected chi connectivity index (χ1v) is 6.62. The van der Waals surface area contributed by atoms with E-state index in [2.05, 4.69) is 5.32 Å². The van der Waals surface area contributed by atoms with Crippen molar-refractivity contribution in [2.75, 3.05) is 7.11 Å². The van der Waals surface area contributed by atoms with Gasteiger partial charge in [0.2, 0.25) is 0 Å². The third kappa shape index (κ3) is 4.51. The molecule has 7 heteroatoms. The third-order valence-electron chi connectivity index (χ3n) is 2.95. The SMILES string of the molecule is COc1ccc(CNC(=O)c2cccc(OB(O)O)c2)cc1. The third-order valence-corrected chi connectivity index (χ3v) is 2.95. The van der Waals surface area contributed by atoms with Crippen LogP contribution in [0.2, 0.25) is 0 Å². The average molecular weight is 301 g/mol. The molecule has 0 aliphatic rings. The minimum atomic E-state index is -1.92. The Morgan fingerprint density at radius 2 is 1.86 bits per heavy atom. The zero-order chi connectivity index (χ0) is 15.9. The zero-order valence-electron chi connectivity index (χ0n) is 12.0. The van der Waals surface area contributed by atoms with E-state index in [9.17, 15) is 4.79 Å². The number of nitrogens with one attached hydrogen (secondary N) is 1. The molecule has 114 valence electrons. The van der Waals surface area contributed by atoms with Crippen molar-refractivity contribution in [3.63, 3.8) is 0 Å². The largest absolute Gasteiger partial charge is 0.707 e. The van der Waals surface area contributed by atoms with Gasteiger partial charge in [-0.1, -0.05) is 18.2 Å². The summed E-state index contributed by atoms with van der Waals surface area (Å²) in [6.45, 7) is 0.372. The number of hydrogen-bond acceptors (Lipinski definition) is 5. The van der Waals surface area contributed by atoms with Gasteiger partial charge in [0, 0.05) is 12.1 Å². The molecule has 0 saturated carbocycles. The lowest BCUT2D eigenvalue weighted by atomic mass is 10.1. The van der Waals surface area contributed by atoms with Gasteiger partial charge in [-0.15, -0.1) is 0 Å². The molecule has 0 saturated heterocycles. The number of rotatable bonds is 6. The van der Waals surface area contributed by atoms with E-state index in [-0.39, 0.29) is 11.7 Å². The van der Waals surface area contributed by atoms with Crippen LogP contribution in [0.25, 0.3) is 0 Å². The second kappa shape index (κ2) is 7.49. The predicted octanol–water partition coefficient (Wildman–Crippen LogP) is 0.973. The van der Waals surface area contributed by atoms with Gasteiger partial charge in [0.25, 0.3) is 5.91 Å². The summed E-state index contributed by atoms with van der Waals surface area (Å²) in [5.74, 6) is 0.670. The van der Waals surface area contributed by atoms with Gasteiger partial charge in [0.15, 0.2) is 0 Å². The molecular formula is C15H16BNO5. The summed E-state index contributed by atoms with van der Waals surface area (Å²) in [6, 6.07) is 13.5. The van der Waals surface area contributed by atoms with Crippen LogP contribution in [0.5, 0.6) is 11.5 Å². The molecule has 3 N–H and O–H groups in total. The molecule has 0 heterocycles. The van der Waals surface area contributed by atoms with Gasteiger partial charge in [-0.2, -0.15) is 0 Å². The van der Waals surface area contributed by atoms with Gasteiger partial charge in [-0.25, -0.2) is 0 Å². The normalized spacial score (nSPS) is 9.95. The maximum atomic E-state index is 12.1. The minimum Gasteiger partial charge on any atom is -0.512 e. The smallest absolute Gasteiger partial charge is 0.512 e. The van der Waals surface area contributed by atoms with Crippen LogP contribution in [0.15, 0.2) is 48.5 Å². The van der Waals surface area contributed by atoms with Crippen molar-refractivity contribution in [1.82, 2.24) is 5.32 Å². The highest BCUT2D eigenvalue weighted by molar-refractivity contribution is 6.33. The number of hydrogen-bond donors (Lipinski definition) is 3. The summed E-state index contributed by atoms with van der Waals surface area (Å²) in [7, 11) is -0.326. The van der Waals surface area contributed by atoms with E-state index in [0.29, 0.717) is 12.1 Å². The first-order valence-electron chi connectivity index (χ1n) is 6.62. The molecule has 0 aromatic heterocycles. The van der Waals surface area contributed by atoms with Gasteiger partial charge in [-0.3, -0.25) is 4.79 Å². The highest BCUT2D eigenvalue weighted by atomic mass is 16.6. The van der Waals surface area contributed by atoms with Crippen molar-refractivity contribution >= 4 is 13.2 Å². The Hall–Kier alpha value is -2.51. The number of carbonyl (C=O) groups excluding carboxylic acids is 1. The summed E-state index contributed by atoms with van der Waals surface area (Å²) in [4.78, 5) is 12.1. The number of amides is 1. The second-order valence-electron chi connectivity index (χ2n) is 4.50. The van der Waals surface area contributed by atoms with Crippen molar-refractivity contribution in [1.29, 1.82) is 0 Å². The van der Waals surface area contributed by atoms with Crippen LogP contribution in [-0.4, -0.2) is 30.4 Å². The van der Waals surface area contributed by atoms with Gasteiger partial charge in [0.05, 0.1) is 7.11 Å². The van der Waals surface area contributed by atoms with Gasteiger partial charge < -0.3 is 24.8 Å². The van der Waals surface area contributed by atoms with Crippen LogP contribution in [0.4, 0.5) is 0 Å². The fourth-order valence-electron chi connectivity index (χ4n) is 1.86. The van der Waals surface area contributed by atoms with Crippen LogP contribution in [0, 0.1) is 0 Å². The molecule has 0 radical (unpaired) electrons. The molecule has 0 fully saturated rings. The molecule has 2 aromatic rings. The van der Waals surface area contributed by atoms with Crippen LogP contribution >= 0.6 is 0 Å². The molecule has 0 spiro atoms. The lowest BCUT2D eigenvalue weighted by Crippen LogP contribution is -2.23. The summed E-state index contributed by atoms with van der Waals surface area (Å²) in [5.41, 5.74) is 1.30. The Bertz CT molecular complexity index is 630. The van der Waals surface area contributed by atoms with E-state index in [1.54, 1.807) is 19.2 Å². The first-order chi connectivity index (χ1) is 10.6. The number of carbonyl (C=O) groups is 1. The van der Waals surface area contributed by atoms with Crippen molar-refractivity contribution in [2.24, 2.45) is 0 Å². The highest BCUT2D eigenvalue weighted by Crippen LogP contribution is 2.14. The topological polar surface area (TPSA) is 88.0 Å². The first kappa shape index (κ1) is 15.9. The van der Waals surface area contributed by atoms with E-state index in [0.717, 1.165) is 11.3 Å². The van der Waals surface area contributed by atoms with E-state index < -0.39 is 7.32 Å². The molecule has 2 rings (SSSR count). The highest BCUT2D eigenvalue weighted by Gasteiger charge is 2.13. The molecule has 6 nitrogen and oxygen atoms in total. The number of benzene rings is 2. The minimum absolute atomic E-state index is 0.201. The zero-order valence-corrected chi connectivity index (χ0v) is 12.0. The quantitative estimate of drug-likeness (QED) is 0.692. The van der Waals surface area contributed by atoms with Crippen molar-refractivity contribution in [2.45, 2.75) is 6.54 Å². The Balaban J connectivity index is 1.96. The Morgan fingerprint density at radius 1 is 1.14 bits per heavy atom. The molecule has 22 heavy (non-hydrogen) atoms. The molecule has 0 unspecified atom stereocenters. The molecule has 1 amide bonds. The molecule has 0 aliphatic carbocycles. The fourth-order valence-corrected chi connectivity index (χ4v) is 1.86. The fraction of sp³-hybridized carbons (Fsp3) is 0.133. The van der Waals surface area contributed by atoms with Gasteiger partial charge >= 0.3 is 7.32 Å². The molecule has 0 aliphatic heterocycles. The van der Waals surface area contributed by atoms with Crippen LogP contribution < -0.4 is 14.7 Å². The van der Waals surface area contributed by atoms with Crippen molar-refractivity contribution in [3.8, 4) is 11.5 Å². The maximum Gasteiger partial charge on any atom is 0.707 e. The Kier molecular flexibility index (Phi) is 5.40. The maximum absolute atomic E-state index is 12.1. The lowest BCUT2D eigenvalue weighted by Gasteiger charge is -2.08. The molecular weight excluding hydrogens is 285 g/mol. The average Bonchev–Trinajstić information content (AvgIpc) is 2.52. The van der Waals surface area contributed by atoms with Gasteiger partial charge in [0.1, 0.15) is 11.5 Å². The van der Waals surface area contributed by atoms with E-state index in [4.69, 9.17) is 19.4 Å². The molecule has 0 bridgehead atoms. The Morgan fingerprint density at radius 3 is 2.50 bits per heavy atom. The standard InChI is InChI=1S/C15H16BNO5/c1-21-13-7-5-11(6-8-13)10-17-15(18)12-3-2-4-14(9-12)22-16(19)20/h2-9,19-20H,10H2,1H3,(H,17,18). The molecule has 2 aromatic carbocycles. The van der Waals surface area contributed by atoms with Crippen LogP contribution in [0.3, 0.4) is 0 Å². The second-order valence-corrected chi connectivity index (χ2v) is 4.50. The van der Waals surface area contributed by atoms with E-state index >= 15 is 0 Å². The van der Waals surface area contributed by atoms with E-state index in [1.165, 1.54) is 12.1 Å². The van der Waals surface area contributed by atoms with Crippen molar-refractivity contribution in [3.05, 3.63) is 59.7 Å². The van der Waals surface area contributed by atoms with Gasteiger partial charge in [-0.05, 0) is 35.9 Å². The monoisotopic (exact) mass is 301 g/mol. The summed E-state index contributed by atoms with van der Waals surface area (Å²) >= 11 is 0. The molecule has 0 atom stereocenters. The summed E-state index contributed by atoms with van der Waals surface area (Å²) in [6.07, 6.45) is 0. The number of ether oxygens (including phenoxy) is 1. The summed E-state index contributed by atoms with van der Waals surface area (Å²) in [5, 5.41) is 20.3. The number of methoxy groups -OCH3 is 1. The van der Waals surface area contributed by atoms with E-state index in [1.807, 2.05) is 24.3 Å². The van der Waals surface area contributed by atoms with Crippen LogP contribution in [0.1, 0.15) is 15.9 Å². The lowest BCUT2D eigenvalue weighted by molar-refractivity contribution is 0.0950. The predicted molar refractivity (Wildman–Crippen MR) is 81.4 cm³/mol.